The lowest BCUT2D eigenvalue weighted by atomic mass is 10.1. The van der Waals surface area contributed by atoms with Gasteiger partial charge in [-0.1, -0.05) is 13.8 Å². The van der Waals surface area contributed by atoms with Crippen molar-refractivity contribution in [1.29, 1.82) is 0 Å². The van der Waals surface area contributed by atoms with Crippen molar-refractivity contribution in [3.8, 4) is 0 Å². The molecule has 0 aliphatic carbocycles. The molecule has 10 heavy (non-hydrogen) atoms. The zero-order valence-corrected chi connectivity index (χ0v) is 6.89. The average Bonchev–Trinajstić information content (AvgIpc) is 1.98. The van der Waals surface area contributed by atoms with Crippen LogP contribution >= 0.6 is 0 Å². The molecule has 2 nitrogen and oxygen atoms in total. The third-order valence-electron chi connectivity index (χ3n) is 1.56. The van der Waals surface area contributed by atoms with Crippen molar-refractivity contribution in [1.82, 2.24) is 5.32 Å². The third kappa shape index (κ3) is 4.50. The van der Waals surface area contributed by atoms with E-state index in [0.717, 1.165) is 25.7 Å². The minimum absolute atomic E-state index is 0.400. The molecule has 0 fully saturated rings. The largest absolute Gasteiger partial charge is 0.314 e. The molecule has 0 aromatic carbocycles. The summed E-state index contributed by atoms with van der Waals surface area (Å²) in [5, 5.41) is 3.29. The van der Waals surface area contributed by atoms with Gasteiger partial charge in [0, 0.05) is 12.5 Å². The fourth-order valence-corrected chi connectivity index (χ4v) is 0.859. The highest BCUT2D eigenvalue weighted by Crippen LogP contribution is 1.93. The number of nitrogens with one attached hydrogen (secondary N) is 1. The smallest absolute Gasteiger partial charge is 0.121 e. The Kier molecular flexibility index (Phi) is 6.50. The van der Waals surface area contributed by atoms with E-state index < -0.39 is 0 Å². The Morgan fingerprint density at radius 3 is 2.60 bits per heavy atom. The van der Waals surface area contributed by atoms with Crippen LogP contribution in [0.1, 0.15) is 33.1 Å². The molecule has 1 unspecified atom stereocenters. The molecule has 60 valence electrons. The zero-order valence-electron chi connectivity index (χ0n) is 6.89. The lowest BCUT2D eigenvalue weighted by molar-refractivity contribution is -0.108. The second-order valence-electron chi connectivity index (χ2n) is 2.46. The predicted molar refractivity (Wildman–Crippen MR) is 43.1 cm³/mol. The summed E-state index contributed by atoms with van der Waals surface area (Å²) >= 11 is 0. The van der Waals surface area contributed by atoms with Crippen LogP contribution in [0.15, 0.2) is 0 Å². The fraction of sp³-hybridized carbons (Fsp3) is 0.875. The van der Waals surface area contributed by atoms with Crippen molar-refractivity contribution in [3.63, 3.8) is 0 Å². The van der Waals surface area contributed by atoms with E-state index in [4.69, 9.17) is 0 Å². The van der Waals surface area contributed by atoms with E-state index in [1.165, 1.54) is 0 Å². The molecule has 0 radical (unpaired) electrons. The summed E-state index contributed by atoms with van der Waals surface area (Å²) in [7, 11) is 0. The Balaban J connectivity index is 3.29. The Hall–Kier alpha value is -0.370. The molecular formula is C8H17NO. The SMILES string of the molecule is CCCNC(CC)CC=O. The van der Waals surface area contributed by atoms with Gasteiger partial charge in [0.25, 0.3) is 0 Å². The summed E-state index contributed by atoms with van der Waals surface area (Å²) in [4.78, 5) is 10.1. The quantitative estimate of drug-likeness (QED) is 0.569. The van der Waals surface area contributed by atoms with Crippen molar-refractivity contribution >= 4 is 6.29 Å². The van der Waals surface area contributed by atoms with Gasteiger partial charge in [0.2, 0.25) is 0 Å². The molecule has 0 heterocycles. The standard InChI is InChI=1S/C8H17NO/c1-3-6-9-8(4-2)5-7-10/h7-9H,3-6H2,1-2H3. The number of aldehydes is 1. The number of hydrogen-bond acceptors (Lipinski definition) is 2. The maximum atomic E-state index is 10.1. The highest BCUT2D eigenvalue weighted by Gasteiger charge is 2.01. The van der Waals surface area contributed by atoms with E-state index in [2.05, 4.69) is 19.2 Å². The van der Waals surface area contributed by atoms with Gasteiger partial charge in [-0.2, -0.15) is 0 Å². The van der Waals surface area contributed by atoms with Gasteiger partial charge in [0.1, 0.15) is 6.29 Å². The Morgan fingerprint density at radius 2 is 2.20 bits per heavy atom. The summed E-state index contributed by atoms with van der Waals surface area (Å²) < 4.78 is 0. The third-order valence-corrected chi connectivity index (χ3v) is 1.56. The van der Waals surface area contributed by atoms with Gasteiger partial charge in [0.05, 0.1) is 0 Å². The summed E-state index contributed by atoms with van der Waals surface area (Å²) in [5.74, 6) is 0. The molecule has 0 aliphatic rings. The summed E-state index contributed by atoms with van der Waals surface area (Å²) in [6.07, 6.45) is 3.81. The normalized spacial score (nSPS) is 13.0. The Labute approximate surface area is 63.0 Å². The van der Waals surface area contributed by atoms with Crippen LogP contribution in [0.25, 0.3) is 0 Å². The molecule has 1 atom stereocenters. The van der Waals surface area contributed by atoms with Gasteiger partial charge in [-0.15, -0.1) is 0 Å². The van der Waals surface area contributed by atoms with Crippen LogP contribution in [0.2, 0.25) is 0 Å². The summed E-state index contributed by atoms with van der Waals surface area (Å²) in [6, 6.07) is 0.400. The average molecular weight is 143 g/mol. The first-order valence-electron chi connectivity index (χ1n) is 4.02. The first kappa shape index (κ1) is 9.63. The number of rotatable bonds is 6. The van der Waals surface area contributed by atoms with Gasteiger partial charge < -0.3 is 10.1 Å². The first-order chi connectivity index (χ1) is 4.85. The minimum Gasteiger partial charge on any atom is -0.314 e. The number of carbonyl (C=O) groups is 1. The van der Waals surface area contributed by atoms with Crippen LogP contribution in [0.5, 0.6) is 0 Å². The highest BCUT2D eigenvalue weighted by atomic mass is 16.1. The molecule has 0 spiro atoms. The van der Waals surface area contributed by atoms with Crippen molar-refractivity contribution in [3.05, 3.63) is 0 Å². The minimum atomic E-state index is 0.400. The van der Waals surface area contributed by atoms with Gasteiger partial charge >= 0.3 is 0 Å². The van der Waals surface area contributed by atoms with E-state index in [1.54, 1.807) is 0 Å². The number of carbonyl (C=O) groups excluding carboxylic acids is 1. The van der Waals surface area contributed by atoms with Gasteiger partial charge in [-0.25, -0.2) is 0 Å². The highest BCUT2D eigenvalue weighted by molar-refractivity contribution is 5.50. The van der Waals surface area contributed by atoms with Crippen LogP contribution in [0, 0.1) is 0 Å². The first-order valence-corrected chi connectivity index (χ1v) is 4.02. The maximum absolute atomic E-state index is 10.1. The van der Waals surface area contributed by atoms with E-state index in [-0.39, 0.29) is 0 Å². The molecule has 0 saturated heterocycles. The van der Waals surface area contributed by atoms with Gasteiger partial charge in [0.15, 0.2) is 0 Å². The summed E-state index contributed by atoms with van der Waals surface area (Å²) in [6.45, 7) is 5.24. The van der Waals surface area contributed by atoms with Crippen LogP contribution in [-0.4, -0.2) is 18.9 Å². The molecule has 0 aromatic rings. The molecule has 0 aromatic heterocycles. The molecule has 0 amide bonds. The Morgan fingerprint density at radius 1 is 1.50 bits per heavy atom. The summed E-state index contributed by atoms with van der Waals surface area (Å²) in [5.41, 5.74) is 0. The number of hydrogen-bond donors (Lipinski definition) is 1. The van der Waals surface area contributed by atoms with Crippen molar-refractivity contribution in [2.75, 3.05) is 6.54 Å². The second kappa shape index (κ2) is 6.75. The fourth-order valence-electron chi connectivity index (χ4n) is 0.859. The maximum Gasteiger partial charge on any atom is 0.121 e. The molecule has 1 N–H and O–H groups in total. The van der Waals surface area contributed by atoms with Crippen molar-refractivity contribution in [2.45, 2.75) is 39.2 Å². The Bertz CT molecular complexity index is 83.3. The molecule has 0 bridgehead atoms. The van der Waals surface area contributed by atoms with E-state index >= 15 is 0 Å². The second-order valence-corrected chi connectivity index (χ2v) is 2.46. The molecule has 0 rings (SSSR count). The van der Waals surface area contributed by atoms with Crippen LogP contribution in [0.3, 0.4) is 0 Å². The lowest BCUT2D eigenvalue weighted by Crippen LogP contribution is -2.29. The van der Waals surface area contributed by atoms with E-state index in [0.29, 0.717) is 12.5 Å². The van der Waals surface area contributed by atoms with Gasteiger partial charge in [-0.05, 0) is 19.4 Å². The van der Waals surface area contributed by atoms with Gasteiger partial charge in [-0.3, -0.25) is 0 Å². The van der Waals surface area contributed by atoms with Crippen LogP contribution < -0.4 is 5.32 Å². The lowest BCUT2D eigenvalue weighted by Gasteiger charge is -2.12. The molecule has 0 saturated carbocycles. The van der Waals surface area contributed by atoms with Crippen LogP contribution in [-0.2, 0) is 4.79 Å². The molecule has 2 heteroatoms. The van der Waals surface area contributed by atoms with E-state index in [1.807, 2.05) is 0 Å². The molecule has 0 aliphatic heterocycles. The predicted octanol–water partition coefficient (Wildman–Crippen LogP) is 1.35. The zero-order chi connectivity index (χ0) is 7.82. The topological polar surface area (TPSA) is 29.1 Å². The van der Waals surface area contributed by atoms with E-state index in [9.17, 15) is 4.79 Å². The van der Waals surface area contributed by atoms with Crippen molar-refractivity contribution < 1.29 is 4.79 Å². The van der Waals surface area contributed by atoms with Crippen molar-refractivity contribution in [2.24, 2.45) is 0 Å². The molecular weight excluding hydrogens is 126 g/mol. The van der Waals surface area contributed by atoms with Crippen LogP contribution in [0.4, 0.5) is 0 Å². The monoisotopic (exact) mass is 143 g/mol.